The largest absolute Gasteiger partial charge is 0.459 e. The lowest BCUT2D eigenvalue weighted by Crippen LogP contribution is -3.12. The summed E-state index contributed by atoms with van der Waals surface area (Å²) in [6.07, 6.45) is 1.53. The van der Waals surface area contributed by atoms with Crippen molar-refractivity contribution >= 4 is 32.6 Å². The van der Waals surface area contributed by atoms with E-state index in [1.807, 2.05) is 12.1 Å². The predicted octanol–water partition coefficient (Wildman–Crippen LogP) is 2.77. The Morgan fingerprint density at radius 2 is 2.08 bits per heavy atom. The maximum atomic E-state index is 12.9. The highest BCUT2D eigenvalue weighted by Gasteiger charge is 2.24. The molecule has 0 saturated heterocycles. The van der Waals surface area contributed by atoms with Gasteiger partial charge in [0.15, 0.2) is 10.9 Å². The molecule has 1 N–H and O–H groups in total. The third kappa shape index (κ3) is 3.91. The second kappa shape index (κ2) is 7.80. The van der Waals surface area contributed by atoms with E-state index in [2.05, 4.69) is 31.8 Å². The van der Waals surface area contributed by atoms with E-state index in [0.717, 1.165) is 35.0 Å². The van der Waals surface area contributed by atoms with Gasteiger partial charge in [0.05, 0.1) is 42.7 Å². The molecule has 1 amide bonds. The van der Waals surface area contributed by atoms with Crippen LogP contribution in [0.1, 0.15) is 30.0 Å². The van der Waals surface area contributed by atoms with Crippen LogP contribution in [0.4, 0.5) is 5.13 Å². The van der Waals surface area contributed by atoms with E-state index in [4.69, 9.17) is 4.42 Å². The lowest BCUT2D eigenvalue weighted by atomic mass is 10.2. The number of aromatic nitrogens is 1. The van der Waals surface area contributed by atoms with Crippen molar-refractivity contribution in [2.45, 2.75) is 20.8 Å². The molecule has 132 valence electrons. The average Bonchev–Trinajstić information content (AvgIpc) is 3.27. The number of hydrogen-bond acceptors (Lipinski definition) is 4. The topological polar surface area (TPSA) is 50.8 Å². The van der Waals surface area contributed by atoms with Gasteiger partial charge in [-0.25, -0.2) is 4.98 Å². The number of carbonyl (C=O) groups is 1. The Labute approximate surface area is 151 Å². The van der Waals surface area contributed by atoms with Crippen LogP contribution >= 0.6 is 11.3 Å². The molecule has 5 nitrogen and oxygen atoms in total. The molecule has 0 saturated carbocycles. The van der Waals surface area contributed by atoms with Crippen molar-refractivity contribution in [1.82, 2.24) is 4.98 Å². The van der Waals surface area contributed by atoms with E-state index in [0.29, 0.717) is 12.3 Å². The first-order valence-electron chi connectivity index (χ1n) is 8.68. The number of likely N-dealkylation sites (N-methyl/N-ethyl adjacent to an activating group) is 1. The molecule has 3 aromatic rings. The van der Waals surface area contributed by atoms with Crippen LogP contribution in [-0.4, -0.2) is 37.1 Å². The number of rotatable bonds is 7. The van der Waals surface area contributed by atoms with Crippen molar-refractivity contribution in [3.63, 3.8) is 0 Å². The first-order valence-corrected chi connectivity index (χ1v) is 9.50. The quantitative estimate of drug-likeness (QED) is 0.707. The number of thiazole rings is 1. The van der Waals surface area contributed by atoms with E-state index in [-0.39, 0.29) is 5.91 Å². The molecule has 6 heteroatoms. The summed E-state index contributed by atoms with van der Waals surface area (Å²) < 4.78 is 6.43. The average molecular weight is 358 g/mol. The molecule has 0 unspecified atom stereocenters. The highest BCUT2D eigenvalue weighted by Crippen LogP contribution is 2.30. The van der Waals surface area contributed by atoms with Gasteiger partial charge in [0.2, 0.25) is 0 Å². The zero-order valence-electron chi connectivity index (χ0n) is 14.9. The number of nitrogens with zero attached hydrogens (tertiary/aromatic N) is 2. The fourth-order valence-corrected chi connectivity index (χ4v) is 3.91. The Morgan fingerprint density at radius 1 is 1.28 bits per heavy atom. The van der Waals surface area contributed by atoms with Crippen LogP contribution in [0.15, 0.2) is 41.0 Å². The number of nitrogens with one attached hydrogen (secondary N) is 1. The van der Waals surface area contributed by atoms with E-state index in [1.54, 1.807) is 28.4 Å². The molecule has 25 heavy (non-hydrogen) atoms. The molecule has 0 spiro atoms. The number of amides is 1. The zero-order valence-corrected chi connectivity index (χ0v) is 15.7. The third-order valence-electron chi connectivity index (χ3n) is 4.43. The van der Waals surface area contributed by atoms with Gasteiger partial charge in [0, 0.05) is 0 Å². The molecule has 0 bridgehead atoms. The molecule has 2 aromatic heterocycles. The molecule has 0 aliphatic rings. The van der Waals surface area contributed by atoms with Crippen LogP contribution in [0.3, 0.4) is 0 Å². The molecule has 1 aromatic carbocycles. The van der Waals surface area contributed by atoms with Crippen molar-refractivity contribution < 1.29 is 14.1 Å². The fraction of sp³-hybridized carbons (Fsp3) is 0.368. The van der Waals surface area contributed by atoms with Crippen LogP contribution in [0, 0.1) is 6.92 Å². The highest BCUT2D eigenvalue weighted by atomic mass is 32.1. The minimum absolute atomic E-state index is 0.132. The summed E-state index contributed by atoms with van der Waals surface area (Å²) in [6.45, 7) is 9.98. The number of aryl methyl sites for hydroxylation is 1. The zero-order chi connectivity index (χ0) is 17.8. The lowest BCUT2D eigenvalue weighted by molar-refractivity contribution is -0.894. The molecule has 2 heterocycles. The first-order chi connectivity index (χ1) is 12.1. The Balaban J connectivity index is 1.92. The fourth-order valence-electron chi connectivity index (χ4n) is 2.83. The summed E-state index contributed by atoms with van der Waals surface area (Å²) in [5.74, 6) is 0.220. The van der Waals surface area contributed by atoms with Gasteiger partial charge in [0.25, 0.3) is 5.91 Å². The van der Waals surface area contributed by atoms with Crippen molar-refractivity contribution in [2.24, 2.45) is 0 Å². The van der Waals surface area contributed by atoms with Crippen molar-refractivity contribution in [2.75, 3.05) is 31.1 Å². The summed E-state index contributed by atoms with van der Waals surface area (Å²) in [5, 5.41) is 0.730. The van der Waals surface area contributed by atoms with Gasteiger partial charge in [-0.15, -0.1) is 0 Å². The Morgan fingerprint density at radius 3 is 2.76 bits per heavy atom. The molecule has 3 rings (SSSR count). The van der Waals surface area contributed by atoms with E-state index >= 15 is 0 Å². The molecule has 0 radical (unpaired) electrons. The highest BCUT2D eigenvalue weighted by molar-refractivity contribution is 7.22. The summed E-state index contributed by atoms with van der Waals surface area (Å²) in [5.41, 5.74) is 2.12. The van der Waals surface area contributed by atoms with Gasteiger partial charge >= 0.3 is 0 Å². The Bertz CT molecular complexity index is 838. The van der Waals surface area contributed by atoms with Gasteiger partial charge in [-0.05, 0) is 50.6 Å². The maximum absolute atomic E-state index is 12.9. The van der Waals surface area contributed by atoms with Crippen molar-refractivity contribution in [3.05, 3.63) is 47.9 Å². The van der Waals surface area contributed by atoms with Crippen LogP contribution in [0.5, 0.6) is 0 Å². The van der Waals surface area contributed by atoms with Gasteiger partial charge in [0.1, 0.15) is 0 Å². The van der Waals surface area contributed by atoms with Crippen molar-refractivity contribution in [3.8, 4) is 0 Å². The Hall–Kier alpha value is -2.18. The van der Waals surface area contributed by atoms with Crippen LogP contribution in [0.25, 0.3) is 10.2 Å². The molecule has 0 aliphatic heterocycles. The van der Waals surface area contributed by atoms with E-state index in [9.17, 15) is 4.79 Å². The third-order valence-corrected chi connectivity index (χ3v) is 5.47. The van der Waals surface area contributed by atoms with Gasteiger partial charge < -0.3 is 9.32 Å². The number of furan rings is 1. The number of quaternary nitrogens is 1. The van der Waals surface area contributed by atoms with E-state index in [1.165, 1.54) is 16.7 Å². The first kappa shape index (κ1) is 17.6. The standard InChI is InChI=1S/C19H23N3O2S/c1-4-21(5-2)10-11-22(18(23)16-7-6-12-24-16)19-20-15-9-8-14(3)13-17(15)25-19/h6-9,12-13H,4-5,10-11H2,1-3H3/p+1. The normalized spacial score (nSPS) is 11.4. The summed E-state index contributed by atoms with van der Waals surface area (Å²) in [6, 6.07) is 9.61. The minimum atomic E-state index is -0.132. The van der Waals surface area contributed by atoms with Crippen molar-refractivity contribution in [1.29, 1.82) is 0 Å². The van der Waals surface area contributed by atoms with Crippen LogP contribution in [0.2, 0.25) is 0 Å². The molecular weight excluding hydrogens is 334 g/mol. The molecule has 0 atom stereocenters. The number of carbonyl (C=O) groups excluding carboxylic acids is 1. The smallest absolute Gasteiger partial charge is 0.295 e. The van der Waals surface area contributed by atoms with Gasteiger partial charge in [-0.2, -0.15) is 0 Å². The minimum Gasteiger partial charge on any atom is -0.459 e. The second-order valence-corrected chi connectivity index (χ2v) is 7.12. The maximum Gasteiger partial charge on any atom is 0.295 e. The second-order valence-electron chi connectivity index (χ2n) is 6.11. The summed E-state index contributed by atoms with van der Waals surface area (Å²) in [4.78, 5) is 20.8. The van der Waals surface area contributed by atoms with Gasteiger partial charge in [-0.3, -0.25) is 9.69 Å². The number of anilines is 1. The lowest BCUT2D eigenvalue weighted by Gasteiger charge is -2.22. The number of hydrogen-bond donors (Lipinski definition) is 1. The summed E-state index contributed by atoms with van der Waals surface area (Å²) >= 11 is 1.56. The SMILES string of the molecule is CC[NH+](CC)CCN(C(=O)c1ccco1)c1nc2ccc(C)cc2s1. The monoisotopic (exact) mass is 358 g/mol. The molecule has 0 aliphatic carbocycles. The van der Waals surface area contributed by atoms with Crippen LogP contribution in [-0.2, 0) is 0 Å². The van der Waals surface area contributed by atoms with Crippen LogP contribution < -0.4 is 9.80 Å². The van der Waals surface area contributed by atoms with E-state index < -0.39 is 0 Å². The van der Waals surface area contributed by atoms with Gasteiger partial charge in [-0.1, -0.05) is 17.4 Å². The number of benzene rings is 1. The molecule has 0 fully saturated rings. The molecular formula is C19H24N3O2S+. The Kier molecular flexibility index (Phi) is 5.50. The number of fused-ring (bicyclic) bond motifs is 1. The predicted molar refractivity (Wildman–Crippen MR) is 102 cm³/mol. The summed E-state index contributed by atoms with van der Waals surface area (Å²) in [7, 11) is 0.